The van der Waals surface area contributed by atoms with Crippen molar-refractivity contribution in [2.45, 2.75) is 26.5 Å². The molecule has 1 heterocycles. The number of halogens is 2. The Morgan fingerprint density at radius 2 is 1.84 bits per heavy atom. The molecule has 2 aromatic carbocycles. The summed E-state index contributed by atoms with van der Waals surface area (Å²) in [5.41, 5.74) is 1.85. The van der Waals surface area contributed by atoms with E-state index in [0.717, 1.165) is 0 Å². The lowest BCUT2D eigenvalue weighted by Gasteiger charge is -2.29. The third-order valence-electron chi connectivity index (χ3n) is 3.54. The second kappa shape index (κ2) is 6.86. The number of hydrogen-bond donors (Lipinski definition) is 0. The first-order valence-electron chi connectivity index (χ1n) is 7.60. The normalized spacial score (nSPS) is 15.7. The van der Waals surface area contributed by atoms with Gasteiger partial charge in [-0.3, -0.25) is 0 Å². The Hall–Kier alpha value is -1.76. The largest absolute Gasteiger partial charge is 0.474 e. The van der Waals surface area contributed by atoms with Gasteiger partial charge < -0.3 is 4.74 Å². The van der Waals surface area contributed by atoms with Crippen molar-refractivity contribution >= 4 is 45.0 Å². The van der Waals surface area contributed by atoms with Crippen LogP contribution in [0, 0.1) is 0 Å². The van der Waals surface area contributed by atoms with E-state index in [0.29, 0.717) is 26.9 Å². The monoisotopic (exact) mass is 398 g/mol. The van der Waals surface area contributed by atoms with E-state index in [1.807, 2.05) is 19.9 Å². The highest BCUT2D eigenvalue weighted by Gasteiger charge is 2.32. The Bertz CT molecular complexity index is 943. The SMILES string of the molecule is CC(C)OC1=NS(=O)(=O)N(Cc2ccc(Cl)c(Cl)c2)c2ccccc21. The van der Waals surface area contributed by atoms with Crippen molar-refractivity contribution in [3.05, 3.63) is 63.6 Å². The molecule has 8 heteroatoms. The topological polar surface area (TPSA) is 59.0 Å². The highest BCUT2D eigenvalue weighted by Crippen LogP contribution is 2.32. The number of fused-ring (bicyclic) bond motifs is 1. The number of nitrogens with zero attached hydrogens (tertiary/aromatic N) is 2. The molecule has 0 bridgehead atoms. The second-order valence-corrected chi connectivity index (χ2v) is 8.15. The van der Waals surface area contributed by atoms with E-state index in [9.17, 15) is 8.42 Å². The Kier molecular flexibility index (Phi) is 4.95. The van der Waals surface area contributed by atoms with Gasteiger partial charge in [0.2, 0.25) is 5.90 Å². The third kappa shape index (κ3) is 3.76. The Labute approximate surface area is 157 Å². The number of ether oxygens (including phenoxy) is 1. The van der Waals surface area contributed by atoms with Gasteiger partial charge in [0, 0.05) is 0 Å². The van der Waals surface area contributed by atoms with Crippen LogP contribution in [0.15, 0.2) is 46.9 Å². The summed E-state index contributed by atoms with van der Waals surface area (Å²) in [6, 6.07) is 12.1. The van der Waals surface area contributed by atoms with E-state index in [-0.39, 0.29) is 18.5 Å². The smallest absolute Gasteiger partial charge is 0.348 e. The molecule has 132 valence electrons. The fraction of sp³-hybridized carbons (Fsp3) is 0.235. The van der Waals surface area contributed by atoms with Crippen molar-refractivity contribution in [3.63, 3.8) is 0 Å². The third-order valence-corrected chi connectivity index (χ3v) is 5.56. The summed E-state index contributed by atoms with van der Waals surface area (Å²) in [6.07, 6.45) is -0.191. The van der Waals surface area contributed by atoms with Gasteiger partial charge in [0.05, 0.1) is 33.9 Å². The van der Waals surface area contributed by atoms with E-state index in [2.05, 4.69) is 4.40 Å². The Morgan fingerprint density at radius 1 is 1.12 bits per heavy atom. The summed E-state index contributed by atoms with van der Waals surface area (Å²) in [4.78, 5) is 0. The fourth-order valence-electron chi connectivity index (χ4n) is 2.48. The van der Waals surface area contributed by atoms with Gasteiger partial charge in [0.1, 0.15) is 0 Å². The zero-order valence-corrected chi connectivity index (χ0v) is 15.9. The first kappa shape index (κ1) is 18.0. The summed E-state index contributed by atoms with van der Waals surface area (Å²) < 4.78 is 36.1. The van der Waals surface area contributed by atoms with Gasteiger partial charge in [0.25, 0.3) is 0 Å². The van der Waals surface area contributed by atoms with Crippen molar-refractivity contribution in [2.75, 3.05) is 4.31 Å². The maximum absolute atomic E-state index is 12.7. The van der Waals surface area contributed by atoms with E-state index in [1.54, 1.807) is 36.4 Å². The molecule has 0 aliphatic carbocycles. The first-order chi connectivity index (χ1) is 11.8. The molecule has 0 saturated heterocycles. The van der Waals surface area contributed by atoms with E-state index in [1.165, 1.54) is 4.31 Å². The van der Waals surface area contributed by atoms with Crippen molar-refractivity contribution < 1.29 is 13.2 Å². The molecule has 3 rings (SSSR count). The summed E-state index contributed by atoms with van der Waals surface area (Å²) in [5, 5.41) is 0.784. The van der Waals surface area contributed by atoms with Crippen molar-refractivity contribution in [2.24, 2.45) is 4.40 Å². The van der Waals surface area contributed by atoms with Crippen LogP contribution in [0.5, 0.6) is 0 Å². The highest BCUT2D eigenvalue weighted by molar-refractivity contribution is 7.91. The average Bonchev–Trinajstić information content (AvgIpc) is 2.53. The summed E-state index contributed by atoms with van der Waals surface area (Å²) >= 11 is 12.0. The molecule has 0 atom stereocenters. The molecule has 5 nitrogen and oxygen atoms in total. The van der Waals surface area contributed by atoms with Crippen LogP contribution in [-0.4, -0.2) is 20.4 Å². The number of para-hydroxylation sites is 1. The molecule has 0 amide bonds. The molecule has 0 unspecified atom stereocenters. The molecular weight excluding hydrogens is 383 g/mol. The van der Waals surface area contributed by atoms with Crippen LogP contribution in [0.3, 0.4) is 0 Å². The molecule has 0 aromatic heterocycles. The quantitative estimate of drug-likeness (QED) is 0.767. The maximum Gasteiger partial charge on any atom is 0.348 e. The Morgan fingerprint density at radius 3 is 2.52 bits per heavy atom. The number of benzene rings is 2. The van der Waals surface area contributed by atoms with Crippen molar-refractivity contribution in [1.82, 2.24) is 0 Å². The van der Waals surface area contributed by atoms with Gasteiger partial charge in [-0.1, -0.05) is 41.4 Å². The van der Waals surface area contributed by atoms with Crippen molar-refractivity contribution in [1.29, 1.82) is 0 Å². The molecule has 0 spiro atoms. The molecular formula is C17H16Cl2N2O3S. The minimum absolute atomic E-state index is 0.0920. The second-order valence-electron chi connectivity index (χ2n) is 5.81. The molecule has 0 fully saturated rings. The van der Waals surface area contributed by atoms with E-state index < -0.39 is 10.2 Å². The Balaban J connectivity index is 2.05. The van der Waals surface area contributed by atoms with Crippen LogP contribution >= 0.6 is 23.2 Å². The molecule has 2 aromatic rings. The average molecular weight is 399 g/mol. The molecule has 25 heavy (non-hydrogen) atoms. The van der Waals surface area contributed by atoms with E-state index >= 15 is 0 Å². The predicted octanol–water partition coefficient (Wildman–Crippen LogP) is 4.43. The first-order valence-corrected chi connectivity index (χ1v) is 9.76. The fourth-order valence-corrected chi connectivity index (χ4v) is 3.97. The minimum atomic E-state index is -3.93. The van der Waals surface area contributed by atoms with Gasteiger partial charge >= 0.3 is 10.2 Å². The van der Waals surface area contributed by atoms with Crippen LogP contribution in [0.4, 0.5) is 5.69 Å². The van der Waals surface area contributed by atoms with Crippen LogP contribution < -0.4 is 4.31 Å². The van der Waals surface area contributed by atoms with Gasteiger partial charge in [-0.2, -0.15) is 8.42 Å². The zero-order chi connectivity index (χ0) is 18.2. The molecule has 1 aliphatic heterocycles. The lowest BCUT2D eigenvalue weighted by Crippen LogP contribution is -2.35. The summed E-state index contributed by atoms with van der Waals surface area (Å²) in [5.74, 6) is 0.107. The van der Waals surface area contributed by atoms with Gasteiger partial charge in [-0.15, -0.1) is 4.40 Å². The van der Waals surface area contributed by atoms with Crippen LogP contribution in [0.2, 0.25) is 10.0 Å². The standard InChI is InChI=1S/C17H16Cl2N2O3S/c1-11(2)24-17-13-5-3-4-6-16(13)21(25(22,23)20-17)10-12-7-8-14(18)15(19)9-12/h3-9,11H,10H2,1-2H3. The number of anilines is 1. The lowest BCUT2D eigenvalue weighted by molar-refractivity contribution is 0.230. The molecule has 0 N–H and O–H groups in total. The number of hydrogen-bond acceptors (Lipinski definition) is 3. The van der Waals surface area contributed by atoms with Crippen LogP contribution in [-0.2, 0) is 21.5 Å². The highest BCUT2D eigenvalue weighted by atomic mass is 35.5. The maximum atomic E-state index is 12.7. The lowest BCUT2D eigenvalue weighted by atomic mass is 10.1. The van der Waals surface area contributed by atoms with E-state index in [4.69, 9.17) is 27.9 Å². The van der Waals surface area contributed by atoms with Gasteiger partial charge in [-0.05, 0) is 43.7 Å². The summed E-state index contributed by atoms with van der Waals surface area (Å²) in [6.45, 7) is 3.73. The predicted molar refractivity (Wildman–Crippen MR) is 101 cm³/mol. The molecule has 0 saturated carbocycles. The summed E-state index contributed by atoms with van der Waals surface area (Å²) in [7, 11) is -3.93. The van der Waals surface area contributed by atoms with Crippen LogP contribution in [0.1, 0.15) is 25.0 Å². The molecule has 0 radical (unpaired) electrons. The molecule has 1 aliphatic rings. The van der Waals surface area contributed by atoms with Gasteiger partial charge in [0.15, 0.2) is 0 Å². The van der Waals surface area contributed by atoms with Crippen molar-refractivity contribution in [3.8, 4) is 0 Å². The van der Waals surface area contributed by atoms with Gasteiger partial charge in [-0.25, -0.2) is 4.31 Å². The van der Waals surface area contributed by atoms with Crippen LogP contribution in [0.25, 0.3) is 0 Å². The minimum Gasteiger partial charge on any atom is -0.474 e. The zero-order valence-electron chi connectivity index (χ0n) is 13.6. The number of rotatable bonds is 3.